The van der Waals surface area contributed by atoms with Crippen LogP contribution in [0.5, 0.6) is 0 Å². The first kappa shape index (κ1) is 17.5. The lowest BCUT2D eigenvalue weighted by molar-refractivity contribution is -0.147. The minimum atomic E-state index is -0.509. The fraction of sp³-hybridized carbons (Fsp3) is 0.571. The van der Waals surface area contributed by atoms with E-state index in [1.54, 1.807) is 0 Å². The minimum Gasteiger partial charge on any atom is -0.462 e. The van der Waals surface area contributed by atoms with E-state index in [0.717, 1.165) is 6.42 Å². The van der Waals surface area contributed by atoms with Crippen molar-refractivity contribution in [3.05, 3.63) is 22.7 Å². The van der Waals surface area contributed by atoms with Gasteiger partial charge in [-0.3, -0.25) is 14.2 Å². The van der Waals surface area contributed by atoms with E-state index >= 15 is 0 Å². The fourth-order valence-electron chi connectivity index (χ4n) is 2.00. The Balaban J connectivity index is 1.92. The number of carbonyl (C=O) groups is 2. The molecule has 2 atom stereocenters. The number of aromatic nitrogens is 2. The molecule has 0 saturated carbocycles. The number of esters is 1. The lowest BCUT2D eigenvalue weighted by Gasteiger charge is -2.15. The molecule has 1 amide bonds. The van der Waals surface area contributed by atoms with Gasteiger partial charge in [0.25, 0.3) is 0 Å². The monoisotopic (exact) mass is 341 g/mol. The van der Waals surface area contributed by atoms with E-state index in [2.05, 4.69) is 10.3 Å². The third kappa shape index (κ3) is 5.07. The van der Waals surface area contributed by atoms with Crippen LogP contribution in [0, 0.1) is 0 Å². The molecular weight excluding hydrogens is 322 g/mol. The highest BCUT2D eigenvalue weighted by Crippen LogP contribution is 2.31. The Morgan fingerprint density at radius 2 is 2.35 bits per heavy atom. The van der Waals surface area contributed by atoms with Gasteiger partial charge in [0, 0.05) is 25.3 Å². The molecular formula is C14H19N3O5S. The highest BCUT2D eigenvalue weighted by molar-refractivity contribution is 8.00. The first-order valence-corrected chi connectivity index (χ1v) is 8.34. The number of hydrogen-bond acceptors (Lipinski definition) is 7. The van der Waals surface area contributed by atoms with E-state index in [9.17, 15) is 14.4 Å². The molecule has 0 aromatic carbocycles. The van der Waals surface area contributed by atoms with Crippen LogP contribution >= 0.6 is 11.8 Å². The summed E-state index contributed by atoms with van der Waals surface area (Å²) in [6.45, 7) is 3.41. The molecule has 8 nitrogen and oxygen atoms in total. The summed E-state index contributed by atoms with van der Waals surface area (Å²) >= 11 is 1.47. The number of amides is 1. The molecule has 1 fully saturated rings. The zero-order valence-electron chi connectivity index (χ0n) is 13.0. The molecule has 1 saturated heterocycles. The number of rotatable bonds is 6. The van der Waals surface area contributed by atoms with Gasteiger partial charge in [-0.2, -0.15) is 4.98 Å². The minimum absolute atomic E-state index is 0.159. The molecule has 0 bridgehead atoms. The van der Waals surface area contributed by atoms with Gasteiger partial charge in [0.15, 0.2) is 0 Å². The molecule has 1 aliphatic heterocycles. The van der Waals surface area contributed by atoms with E-state index in [1.165, 1.54) is 35.5 Å². The van der Waals surface area contributed by atoms with Crippen LogP contribution in [0.4, 0.5) is 5.82 Å². The Morgan fingerprint density at radius 1 is 1.57 bits per heavy atom. The third-order valence-corrected chi connectivity index (χ3v) is 4.11. The van der Waals surface area contributed by atoms with Crippen LogP contribution in [0.3, 0.4) is 0 Å². The van der Waals surface area contributed by atoms with Crippen LogP contribution < -0.4 is 11.0 Å². The normalized spacial score (nSPS) is 20.3. The molecule has 0 aliphatic carbocycles. The van der Waals surface area contributed by atoms with Crippen LogP contribution in [-0.4, -0.2) is 39.2 Å². The second kappa shape index (κ2) is 8.11. The molecule has 0 unspecified atom stereocenters. The van der Waals surface area contributed by atoms with Gasteiger partial charge >= 0.3 is 11.7 Å². The van der Waals surface area contributed by atoms with E-state index in [-0.39, 0.29) is 29.7 Å². The van der Waals surface area contributed by atoms with Crippen molar-refractivity contribution >= 4 is 29.5 Å². The Hall–Kier alpha value is -1.87. The van der Waals surface area contributed by atoms with Crippen LogP contribution in [0.2, 0.25) is 0 Å². The summed E-state index contributed by atoms with van der Waals surface area (Å²) in [5.41, 5.74) is -0.812. The fourth-order valence-corrected chi connectivity index (χ4v) is 2.99. The topological polar surface area (TPSA) is 99.5 Å². The Kier molecular flexibility index (Phi) is 6.17. The highest BCUT2D eigenvalue weighted by Gasteiger charge is 2.29. The quantitative estimate of drug-likeness (QED) is 0.774. The average molecular weight is 341 g/mol. The number of anilines is 1. The van der Waals surface area contributed by atoms with Crippen molar-refractivity contribution in [2.24, 2.45) is 0 Å². The Labute approximate surface area is 137 Å². The second-order valence-corrected chi connectivity index (χ2v) is 6.16. The molecule has 9 heteroatoms. The predicted octanol–water partition coefficient (Wildman–Crippen LogP) is 1.13. The van der Waals surface area contributed by atoms with Crippen LogP contribution in [0.25, 0.3) is 0 Å². The van der Waals surface area contributed by atoms with E-state index < -0.39 is 11.9 Å². The molecule has 2 rings (SSSR count). The molecule has 0 radical (unpaired) electrons. The highest BCUT2D eigenvalue weighted by atomic mass is 32.2. The number of thioether (sulfide) groups is 1. The van der Waals surface area contributed by atoms with Gasteiger partial charge in [0.05, 0.1) is 0 Å². The van der Waals surface area contributed by atoms with Crippen LogP contribution in [0.15, 0.2) is 17.1 Å². The van der Waals surface area contributed by atoms with Gasteiger partial charge < -0.3 is 14.8 Å². The number of carbonyl (C=O) groups excluding carboxylic acids is 2. The van der Waals surface area contributed by atoms with E-state index in [0.29, 0.717) is 12.2 Å². The smallest absolute Gasteiger partial charge is 0.351 e. The van der Waals surface area contributed by atoms with Crippen molar-refractivity contribution in [3.63, 3.8) is 0 Å². The average Bonchev–Trinajstić information content (AvgIpc) is 2.93. The summed E-state index contributed by atoms with van der Waals surface area (Å²) in [6.07, 6.45) is 2.18. The van der Waals surface area contributed by atoms with Crippen molar-refractivity contribution in [2.75, 3.05) is 17.7 Å². The van der Waals surface area contributed by atoms with Gasteiger partial charge in [0.1, 0.15) is 24.1 Å². The third-order valence-electron chi connectivity index (χ3n) is 3.01. The summed E-state index contributed by atoms with van der Waals surface area (Å²) in [6, 6.07) is 1.53. The van der Waals surface area contributed by atoms with Gasteiger partial charge in [-0.25, -0.2) is 4.79 Å². The lowest BCUT2D eigenvalue weighted by Crippen LogP contribution is -2.29. The van der Waals surface area contributed by atoms with Crippen molar-refractivity contribution in [3.8, 4) is 0 Å². The summed E-state index contributed by atoms with van der Waals surface area (Å²) in [5.74, 6) is 0.209. The molecule has 23 heavy (non-hydrogen) atoms. The van der Waals surface area contributed by atoms with Crippen molar-refractivity contribution in [1.29, 1.82) is 0 Å². The van der Waals surface area contributed by atoms with Crippen molar-refractivity contribution in [1.82, 2.24) is 9.55 Å². The molecule has 1 aromatic rings. The first-order chi connectivity index (χ1) is 11.0. The van der Waals surface area contributed by atoms with Crippen LogP contribution in [0.1, 0.15) is 32.9 Å². The SMILES string of the molecule is CCCC(=O)OC[C@H]1O[C@@H](n2ccc(NC(C)=O)nc2=O)CS1. The predicted molar refractivity (Wildman–Crippen MR) is 85.0 cm³/mol. The number of ether oxygens (including phenoxy) is 2. The molecule has 1 N–H and O–H groups in total. The van der Waals surface area contributed by atoms with Crippen molar-refractivity contribution in [2.45, 2.75) is 38.4 Å². The number of nitrogens with zero attached hydrogens (tertiary/aromatic N) is 2. The summed E-state index contributed by atoms with van der Waals surface area (Å²) in [4.78, 5) is 38.1. The Morgan fingerprint density at radius 3 is 3.00 bits per heavy atom. The van der Waals surface area contributed by atoms with Crippen LogP contribution in [-0.2, 0) is 19.1 Å². The summed E-state index contributed by atoms with van der Waals surface area (Å²) in [5, 5.41) is 2.45. The van der Waals surface area contributed by atoms with Gasteiger partial charge in [-0.1, -0.05) is 6.92 Å². The Bertz CT molecular complexity index is 633. The molecule has 1 aromatic heterocycles. The maximum atomic E-state index is 12.0. The number of nitrogens with one attached hydrogen (secondary N) is 1. The van der Waals surface area contributed by atoms with E-state index in [1.807, 2.05) is 6.92 Å². The maximum Gasteiger partial charge on any atom is 0.351 e. The largest absolute Gasteiger partial charge is 0.462 e. The zero-order chi connectivity index (χ0) is 16.8. The molecule has 2 heterocycles. The second-order valence-electron chi connectivity index (χ2n) is 4.97. The van der Waals surface area contributed by atoms with Crippen molar-refractivity contribution < 1.29 is 19.1 Å². The first-order valence-electron chi connectivity index (χ1n) is 7.29. The van der Waals surface area contributed by atoms with Gasteiger partial charge in [0.2, 0.25) is 5.91 Å². The van der Waals surface area contributed by atoms with Gasteiger partial charge in [-0.05, 0) is 12.5 Å². The zero-order valence-corrected chi connectivity index (χ0v) is 13.8. The molecule has 126 valence electrons. The molecule has 1 aliphatic rings. The standard InChI is InChI=1S/C14H19N3O5S/c1-3-4-12(19)21-7-13-22-11(8-23-13)17-6-5-10(15-9(2)18)16-14(17)20/h5-6,11,13H,3-4,7-8H2,1-2H3,(H,15,16,18,20)/t11-,13+/m1/s1. The van der Waals surface area contributed by atoms with Gasteiger partial charge in [-0.15, -0.1) is 11.8 Å². The molecule has 0 spiro atoms. The van der Waals surface area contributed by atoms with E-state index in [4.69, 9.17) is 9.47 Å². The lowest BCUT2D eigenvalue weighted by atomic mass is 10.3. The summed E-state index contributed by atoms with van der Waals surface area (Å²) < 4.78 is 12.2. The maximum absolute atomic E-state index is 12.0. The summed E-state index contributed by atoms with van der Waals surface area (Å²) in [7, 11) is 0. The number of hydrogen-bond donors (Lipinski definition) is 1.